The van der Waals surface area contributed by atoms with Crippen LogP contribution in [-0.2, 0) is 24.3 Å². The normalized spacial score (nSPS) is 11.0. The highest BCUT2D eigenvalue weighted by Gasteiger charge is 2.16. The number of carbonyl (C=O) groups excluding carboxylic acids is 1. The molecule has 1 heterocycles. The van der Waals surface area contributed by atoms with Crippen molar-refractivity contribution in [3.05, 3.63) is 110 Å². The van der Waals surface area contributed by atoms with Crippen LogP contribution in [0.5, 0.6) is 0 Å². The Morgan fingerprint density at radius 2 is 1.56 bits per heavy atom. The minimum atomic E-state index is -0.538. The van der Waals surface area contributed by atoms with Gasteiger partial charge in [-0.3, -0.25) is 18.7 Å². The molecule has 0 saturated heterocycles. The van der Waals surface area contributed by atoms with Crippen LogP contribution in [0.1, 0.15) is 30.9 Å². The van der Waals surface area contributed by atoms with Gasteiger partial charge in [0.05, 0.1) is 17.4 Å². The van der Waals surface area contributed by atoms with Crippen molar-refractivity contribution in [1.29, 1.82) is 0 Å². The van der Waals surface area contributed by atoms with Gasteiger partial charge in [0.1, 0.15) is 6.54 Å². The van der Waals surface area contributed by atoms with E-state index in [-0.39, 0.29) is 19.0 Å². The van der Waals surface area contributed by atoms with E-state index in [9.17, 15) is 14.4 Å². The first-order chi connectivity index (χ1) is 16.5. The van der Waals surface area contributed by atoms with Crippen molar-refractivity contribution >= 4 is 34.1 Å². The maximum absolute atomic E-state index is 13.3. The Morgan fingerprint density at radius 1 is 0.882 bits per heavy atom. The highest BCUT2D eigenvalue weighted by Crippen LogP contribution is 2.14. The van der Waals surface area contributed by atoms with Gasteiger partial charge >= 0.3 is 5.69 Å². The lowest BCUT2D eigenvalue weighted by atomic mass is 10.1. The van der Waals surface area contributed by atoms with Crippen LogP contribution in [0.2, 0.25) is 5.02 Å². The minimum Gasteiger partial charge on any atom is -0.325 e. The van der Waals surface area contributed by atoms with Crippen molar-refractivity contribution in [3.63, 3.8) is 0 Å². The van der Waals surface area contributed by atoms with E-state index in [0.29, 0.717) is 21.6 Å². The number of hydrogen-bond donors (Lipinski definition) is 1. The topological polar surface area (TPSA) is 73.1 Å². The van der Waals surface area contributed by atoms with Crippen LogP contribution >= 0.6 is 11.6 Å². The van der Waals surface area contributed by atoms with E-state index in [2.05, 4.69) is 12.2 Å². The summed E-state index contributed by atoms with van der Waals surface area (Å²) in [5.41, 5.74) is 2.14. The average molecular weight is 476 g/mol. The highest BCUT2D eigenvalue weighted by atomic mass is 35.5. The number of nitrogens with zero attached hydrogens (tertiary/aromatic N) is 2. The number of benzene rings is 3. The molecule has 174 valence electrons. The molecule has 34 heavy (non-hydrogen) atoms. The molecule has 0 spiro atoms. The number of hydrogen-bond acceptors (Lipinski definition) is 3. The van der Waals surface area contributed by atoms with E-state index in [0.717, 1.165) is 29.4 Å². The molecular weight excluding hydrogens is 450 g/mol. The molecule has 0 unspecified atom stereocenters. The SMILES string of the molecule is CCCCc1ccc(NC(=O)Cn2c(=O)n(Cc3ccc(Cl)cc3)c(=O)c3ccccc32)cc1. The molecule has 3 aromatic carbocycles. The number of halogens is 1. The zero-order chi connectivity index (χ0) is 24.1. The molecule has 0 atom stereocenters. The number of anilines is 1. The molecule has 0 radical (unpaired) electrons. The number of fused-ring (bicyclic) bond motifs is 1. The average Bonchev–Trinajstić information content (AvgIpc) is 2.85. The molecule has 0 aliphatic heterocycles. The smallest absolute Gasteiger partial charge is 0.325 e. The van der Waals surface area contributed by atoms with Gasteiger partial charge in [-0.2, -0.15) is 0 Å². The van der Waals surface area contributed by atoms with Crippen LogP contribution in [0.15, 0.2) is 82.4 Å². The second-order valence-electron chi connectivity index (χ2n) is 8.25. The number of nitrogens with one attached hydrogen (secondary N) is 1. The zero-order valence-electron chi connectivity index (χ0n) is 19.0. The van der Waals surface area contributed by atoms with E-state index in [1.54, 1.807) is 48.5 Å². The Morgan fingerprint density at radius 3 is 2.26 bits per heavy atom. The van der Waals surface area contributed by atoms with E-state index in [1.807, 2.05) is 24.3 Å². The third kappa shape index (κ3) is 5.29. The Balaban J connectivity index is 1.63. The molecule has 7 heteroatoms. The third-order valence-corrected chi connectivity index (χ3v) is 6.00. The number of amides is 1. The third-order valence-electron chi connectivity index (χ3n) is 5.74. The van der Waals surface area contributed by atoms with Gasteiger partial charge in [0, 0.05) is 10.7 Å². The predicted molar refractivity (Wildman–Crippen MR) is 137 cm³/mol. The summed E-state index contributed by atoms with van der Waals surface area (Å²) in [4.78, 5) is 39.3. The van der Waals surface area contributed by atoms with Crippen LogP contribution < -0.4 is 16.6 Å². The fraction of sp³-hybridized carbons (Fsp3) is 0.222. The summed E-state index contributed by atoms with van der Waals surface area (Å²) in [7, 11) is 0. The lowest BCUT2D eigenvalue weighted by Crippen LogP contribution is -2.42. The number of rotatable bonds is 8. The standard InChI is InChI=1S/C27H26ClN3O3/c1-2-3-6-19-11-15-22(16-12-19)29-25(32)18-30-24-8-5-4-7-23(24)26(33)31(27(30)34)17-20-9-13-21(28)14-10-20/h4-5,7-16H,2-3,6,17-18H2,1H3,(H,29,32). The Bertz CT molecular complexity index is 1420. The monoisotopic (exact) mass is 475 g/mol. The first-order valence-electron chi connectivity index (χ1n) is 11.3. The summed E-state index contributed by atoms with van der Waals surface area (Å²) in [6.07, 6.45) is 3.25. The van der Waals surface area contributed by atoms with Gasteiger partial charge in [-0.25, -0.2) is 4.79 Å². The van der Waals surface area contributed by atoms with Crippen molar-refractivity contribution in [3.8, 4) is 0 Å². The van der Waals surface area contributed by atoms with Gasteiger partial charge in [0.15, 0.2) is 0 Å². The first-order valence-corrected chi connectivity index (χ1v) is 11.7. The number of para-hydroxylation sites is 1. The second kappa shape index (κ2) is 10.5. The van der Waals surface area contributed by atoms with Gasteiger partial charge in [0.2, 0.25) is 5.91 Å². The molecule has 0 aliphatic rings. The van der Waals surface area contributed by atoms with E-state index in [1.165, 1.54) is 10.1 Å². The minimum absolute atomic E-state index is 0.0838. The van der Waals surface area contributed by atoms with Crippen LogP contribution in [0.4, 0.5) is 5.69 Å². The molecule has 1 N–H and O–H groups in total. The maximum Gasteiger partial charge on any atom is 0.332 e. The Kier molecular flexibility index (Phi) is 7.28. The van der Waals surface area contributed by atoms with Gasteiger partial charge < -0.3 is 5.32 Å². The summed E-state index contributed by atoms with van der Waals surface area (Å²) in [5.74, 6) is -0.342. The fourth-order valence-corrected chi connectivity index (χ4v) is 4.04. The number of aryl methyl sites for hydroxylation is 1. The molecule has 6 nitrogen and oxygen atoms in total. The highest BCUT2D eigenvalue weighted by molar-refractivity contribution is 6.30. The van der Waals surface area contributed by atoms with Crippen LogP contribution in [0.25, 0.3) is 10.9 Å². The van der Waals surface area contributed by atoms with Crippen molar-refractivity contribution in [2.24, 2.45) is 0 Å². The van der Waals surface area contributed by atoms with Gasteiger partial charge in [-0.15, -0.1) is 0 Å². The van der Waals surface area contributed by atoms with Crippen molar-refractivity contribution in [2.75, 3.05) is 5.32 Å². The summed E-state index contributed by atoms with van der Waals surface area (Å²) in [6.45, 7) is 2.02. The number of carbonyl (C=O) groups is 1. The first kappa shape index (κ1) is 23.5. The summed E-state index contributed by atoms with van der Waals surface area (Å²) < 4.78 is 2.50. The van der Waals surface area contributed by atoms with E-state index >= 15 is 0 Å². The molecule has 0 aliphatic carbocycles. The molecule has 0 fully saturated rings. The van der Waals surface area contributed by atoms with E-state index < -0.39 is 11.2 Å². The van der Waals surface area contributed by atoms with Crippen LogP contribution in [0, 0.1) is 0 Å². The van der Waals surface area contributed by atoms with Crippen LogP contribution in [0.3, 0.4) is 0 Å². The number of aromatic nitrogens is 2. The molecule has 1 amide bonds. The fourth-order valence-electron chi connectivity index (χ4n) is 3.92. The lowest BCUT2D eigenvalue weighted by Gasteiger charge is -2.14. The molecule has 0 saturated carbocycles. The molecule has 0 bridgehead atoms. The summed E-state index contributed by atoms with van der Waals surface area (Å²) in [6, 6.07) is 21.5. The molecular formula is C27H26ClN3O3. The summed E-state index contributed by atoms with van der Waals surface area (Å²) in [5, 5.41) is 3.81. The Hall–Kier alpha value is -3.64. The van der Waals surface area contributed by atoms with Crippen molar-refractivity contribution in [2.45, 2.75) is 39.3 Å². The quantitative estimate of drug-likeness (QED) is 0.396. The van der Waals surface area contributed by atoms with Crippen LogP contribution in [-0.4, -0.2) is 15.0 Å². The molecule has 1 aromatic heterocycles. The second-order valence-corrected chi connectivity index (χ2v) is 8.69. The van der Waals surface area contributed by atoms with Gasteiger partial charge in [-0.1, -0.05) is 61.3 Å². The summed E-state index contributed by atoms with van der Waals surface area (Å²) >= 11 is 5.96. The van der Waals surface area contributed by atoms with Gasteiger partial charge in [0.25, 0.3) is 5.56 Å². The lowest BCUT2D eigenvalue weighted by molar-refractivity contribution is -0.116. The van der Waals surface area contributed by atoms with Crippen molar-refractivity contribution < 1.29 is 4.79 Å². The predicted octanol–water partition coefficient (Wildman–Crippen LogP) is 4.85. The number of unbranched alkanes of at least 4 members (excludes halogenated alkanes) is 1. The maximum atomic E-state index is 13.3. The van der Waals surface area contributed by atoms with Gasteiger partial charge in [-0.05, 0) is 60.4 Å². The zero-order valence-corrected chi connectivity index (χ0v) is 19.7. The molecule has 4 aromatic rings. The van der Waals surface area contributed by atoms with Crippen molar-refractivity contribution in [1.82, 2.24) is 9.13 Å². The Labute approximate surface area is 202 Å². The molecule has 4 rings (SSSR count). The van der Waals surface area contributed by atoms with E-state index in [4.69, 9.17) is 11.6 Å². The largest absolute Gasteiger partial charge is 0.332 e.